The number of rotatable bonds is 7. The Morgan fingerprint density at radius 2 is 1.79 bits per heavy atom. The Bertz CT molecular complexity index is 704. The van der Waals surface area contributed by atoms with Crippen molar-refractivity contribution >= 4 is 11.6 Å². The van der Waals surface area contributed by atoms with Gasteiger partial charge in [0.2, 0.25) is 5.91 Å². The lowest BCUT2D eigenvalue weighted by atomic mass is 10.1. The molecule has 2 aromatic carbocycles. The molecule has 0 radical (unpaired) electrons. The highest BCUT2D eigenvalue weighted by Gasteiger charge is 2.13. The standard InChI is InChI=1S/C20H23N3O/c1-16(2)23(15-17-8-4-3-5-9-17)13-12-20(24)22-19-11-7-6-10-18(19)14-21/h3-11,16H,12-13,15H2,1-2H3,(H,22,24). The number of carbonyl (C=O) groups excluding carboxylic acids is 1. The molecule has 0 bridgehead atoms. The lowest BCUT2D eigenvalue weighted by molar-refractivity contribution is -0.116. The minimum absolute atomic E-state index is 0.0728. The van der Waals surface area contributed by atoms with Crippen LogP contribution in [0.4, 0.5) is 5.69 Å². The van der Waals surface area contributed by atoms with Crippen LogP contribution in [0.25, 0.3) is 0 Å². The lowest BCUT2D eigenvalue weighted by Gasteiger charge is -2.26. The van der Waals surface area contributed by atoms with E-state index >= 15 is 0 Å². The third-order valence-corrected chi connectivity index (χ3v) is 3.91. The van der Waals surface area contributed by atoms with Gasteiger partial charge in [-0.15, -0.1) is 0 Å². The Labute approximate surface area is 143 Å². The van der Waals surface area contributed by atoms with Gasteiger partial charge in [0.25, 0.3) is 0 Å². The molecule has 0 saturated heterocycles. The van der Waals surface area contributed by atoms with E-state index in [4.69, 9.17) is 5.26 Å². The maximum atomic E-state index is 12.2. The summed E-state index contributed by atoms with van der Waals surface area (Å²) in [6.07, 6.45) is 0.394. The van der Waals surface area contributed by atoms with Gasteiger partial charge < -0.3 is 5.32 Å². The number of para-hydroxylation sites is 1. The molecule has 0 aliphatic rings. The average molecular weight is 321 g/mol. The largest absolute Gasteiger partial charge is 0.325 e. The number of nitrogens with one attached hydrogen (secondary N) is 1. The first-order valence-corrected chi connectivity index (χ1v) is 8.17. The topological polar surface area (TPSA) is 56.1 Å². The summed E-state index contributed by atoms with van der Waals surface area (Å²) in [6, 6.07) is 19.7. The van der Waals surface area contributed by atoms with E-state index in [1.54, 1.807) is 18.2 Å². The molecule has 124 valence electrons. The van der Waals surface area contributed by atoms with Crippen molar-refractivity contribution in [3.63, 3.8) is 0 Å². The van der Waals surface area contributed by atoms with Crippen LogP contribution in [0.5, 0.6) is 0 Å². The first-order valence-electron chi connectivity index (χ1n) is 8.17. The van der Waals surface area contributed by atoms with Crippen LogP contribution in [0.3, 0.4) is 0 Å². The minimum Gasteiger partial charge on any atom is -0.325 e. The fourth-order valence-electron chi connectivity index (χ4n) is 2.49. The minimum atomic E-state index is -0.0728. The highest BCUT2D eigenvalue weighted by Crippen LogP contribution is 2.14. The van der Waals surface area contributed by atoms with E-state index < -0.39 is 0 Å². The van der Waals surface area contributed by atoms with E-state index in [0.717, 1.165) is 6.54 Å². The molecule has 2 aromatic rings. The summed E-state index contributed by atoms with van der Waals surface area (Å²) in [5, 5.41) is 11.9. The van der Waals surface area contributed by atoms with Crippen LogP contribution < -0.4 is 5.32 Å². The molecule has 0 fully saturated rings. The summed E-state index contributed by atoms with van der Waals surface area (Å²) >= 11 is 0. The van der Waals surface area contributed by atoms with Crippen molar-refractivity contribution in [1.29, 1.82) is 5.26 Å². The molecule has 0 aliphatic carbocycles. The Morgan fingerprint density at radius 1 is 1.12 bits per heavy atom. The van der Waals surface area contributed by atoms with Crippen molar-refractivity contribution < 1.29 is 4.79 Å². The number of benzene rings is 2. The van der Waals surface area contributed by atoms with Gasteiger partial charge in [0, 0.05) is 25.6 Å². The van der Waals surface area contributed by atoms with E-state index in [2.05, 4.69) is 42.3 Å². The van der Waals surface area contributed by atoms with Crippen LogP contribution in [0.15, 0.2) is 54.6 Å². The van der Waals surface area contributed by atoms with Crippen molar-refractivity contribution in [2.24, 2.45) is 0 Å². The Hall–Kier alpha value is -2.64. The van der Waals surface area contributed by atoms with Gasteiger partial charge in [0.15, 0.2) is 0 Å². The fourth-order valence-corrected chi connectivity index (χ4v) is 2.49. The molecule has 1 N–H and O–H groups in total. The van der Waals surface area contributed by atoms with Crippen molar-refractivity contribution in [3.05, 3.63) is 65.7 Å². The van der Waals surface area contributed by atoms with Gasteiger partial charge in [0.1, 0.15) is 6.07 Å². The molecule has 0 unspecified atom stereocenters. The fraction of sp³-hybridized carbons (Fsp3) is 0.300. The van der Waals surface area contributed by atoms with E-state index in [-0.39, 0.29) is 5.91 Å². The van der Waals surface area contributed by atoms with Gasteiger partial charge in [-0.2, -0.15) is 5.26 Å². The summed E-state index contributed by atoms with van der Waals surface area (Å²) in [5.74, 6) is -0.0728. The number of nitriles is 1. The van der Waals surface area contributed by atoms with Crippen LogP contribution in [0, 0.1) is 11.3 Å². The molecule has 24 heavy (non-hydrogen) atoms. The summed E-state index contributed by atoms with van der Waals surface area (Å²) in [4.78, 5) is 14.5. The molecule has 2 rings (SSSR count). The predicted molar refractivity (Wildman–Crippen MR) is 96.4 cm³/mol. The SMILES string of the molecule is CC(C)N(CCC(=O)Nc1ccccc1C#N)Cc1ccccc1. The second-order valence-corrected chi connectivity index (χ2v) is 6.01. The summed E-state index contributed by atoms with van der Waals surface area (Å²) in [5.41, 5.74) is 2.29. The van der Waals surface area contributed by atoms with Crippen LogP contribution >= 0.6 is 0 Å². The van der Waals surface area contributed by atoms with Crippen LogP contribution in [-0.4, -0.2) is 23.4 Å². The lowest BCUT2D eigenvalue weighted by Crippen LogP contribution is -2.33. The zero-order valence-corrected chi connectivity index (χ0v) is 14.2. The highest BCUT2D eigenvalue weighted by molar-refractivity contribution is 5.92. The van der Waals surface area contributed by atoms with Crippen LogP contribution in [0.1, 0.15) is 31.4 Å². The highest BCUT2D eigenvalue weighted by atomic mass is 16.1. The molecule has 0 heterocycles. The van der Waals surface area contributed by atoms with Gasteiger partial charge in [0.05, 0.1) is 11.3 Å². The molecule has 0 spiro atoms. The Morgan fingerprint density at radius 3 is 2.46 bits per heavy atom. The van der Waals surface area contributed by atoms with Crippen molar-refractivity contribution in [1.82, 2.24) is 4.90 Å². The van der Waals surface area contributed by atoms with Gasteiger partial charge in [-0.3, -0.25) is 9.69 Å². The number of carbonyl (C=O) groups is 1. The zero-order valence-electron chi connectivity index (χ0n) is 14.2. The zero-order chi connectivity index (χ0) is 17.4. The molecule has 4 heteroatoms. The van der Waals surface area contributed by atoms with Crippen molar-refractivity contribution in [2.75, 3.05) is 11.9 Å². The number of hydrogen-bond acceptors (Lipinski definition) is 3. The average Bonchev–Trinajstić information content (AvgIpc) is 2.59. The van der Waals surface area contributed by atoms with Crippen LogP contribution in [0.2, 0.25) is 0 Å². The molecular weight excluding hydrogens is 298 g/mol. The summed E-state index contributed by atoms with van der Waals surface area (Å²) in [6.45, 7) is 5.76. The summed E-state index contributed by atoms with van der Waals surface area (Å²) in [7, 11) is 0. The maximum absolute atomic E-state index is 12.2. The molecule has 4 nitrogen and oxygen atoms in total. The van der Waals surface area contributed by atoms with E-state index in [1.165, 1.54) is 5.56 Å². The quantitative estimate of drug-likeness (QED) is 0.844. The Kier molecular flexibility index (Phi) is 6.53. The van der Waals surface area contributed by atoms with Gasteiger partial charge in [-0.05, 0) is 31.5 Å². The molecule has 0 aliphatic heterocycles. The second kappa shape index (κ2) is 8.85. The smallest absolute Gasteiger partial charge is 0.225 e. The molecule has 1 amide bonds. The monoisotopic (exact) mass is 321 g/mol. The predicted octanol–water partition coefficient (Wildman–Crippen LogP) is 3.80. The first kappa shape index (κ1) is 17.7. The van der Waals surface area contributed by atoms with E-state index in [9.17, 15) is 4.79 Å². The number of amides is 1. The molecule has 0 aromatic heterocycles. The molecular formula is C20H23N3O. The maximum Gasteiger partial charge on any atom is 0.225 e. The third kappa shape index (κ3) is 5.22. The van der Waals surface area contributed by atoms with E-state index in [1.807, 2.05) is 24.3 Å². The number of nitrogens with zero attached hydrogens (tertiary/aromatic N) is 2. The third-order valence-electron chi connectivity index (χ3n) is 3.91. The second-order valence-electron chi connectivity index (χ2n) is 6.01. The first-order chi connectivity index (χ1) is 11.6. The number of hydrogen-bond donors (Lipinski definition) is 1. The van der Waals surface area contributed by atoms with Gasteiger partial charge in [-0.1, -0.05) is 42.5 Å². The molecule has 0 atom stereocenters. The van der Waals surface area contributed by atoms with Crippen molar-refractivity contribution in [2.45, 2.75) is 32.9 Å². The summed E-state index contributed by atoms with van der Waals surface area (Å²) < 4.78 is 0. The van der Waals surface area contributed by atoms with E-state index in [0.29, 0.717) is 30.3 Å². The molecule has 0 saturated carbocycles. The van der Waals surface area contributed by atoms with Gasteiger partial charge >= 0.3 is 0 Å². The normalized spacial score (nSPS) is 10.6. The van der Waals surface area contributed by atoms with Crippen molar-refractivity contribution in [3.8, 4) is 6.07 Å². The Balaban J connectivity index is 1.92. The van der Waals surface area contributed by atoms with Crippen LogP contribution in [-0.2, 0) is 11.3 Å². The van der Waals surface area contributed by atoms with Gasteiger partial charge in [-0.25, -0.2) is 0 Å². The number of anilines is 1.